The molecule has 1 heterocycles. The van der Waals surface area contributed by atoms with Crippen LogP contribution in [0.2, 0.25) is 0 Å². The minimum atomic E-state index is -0.185. The van der Waals surface area contributed by atoms with Crippen molar-refractivity contribution in [2.24, 2.45) is 4.99 Å². The molecule has 1 aliphatic heterocycles. The monoisotopic (exact) mass is 396 g/mol. The van der Waals surface area contributed by atoms with Gasteiger partial charge in [0, 0.05) is 12.6 Å². The molecule has 1 aliphatic rings. The van der Waals surface area contributed by atoms with E-state index in [1.807, 2.05) is 6.92 Å². The van der Waals surface area contributed by atoms with Crippen molar-refractivity contribution in [1.82, 2.24) is 4.90 Å². The predicted octanol–water partition coefficient (Wildman–Crippen LogP) is 4.29. The Balaban J connectivity index is 1.95. The molecular weight excluding hydrogens is 376 g/mol. The van der Waals surface area contributed by atoms with E-state index in [1.54, 1.807) is 42.5 Å². The first-order chi connectivity index (χ1) is 13.5. The summed E-state index contributed by atoms with van der Waals surface area (Å²) in [4.78, 5) is 19.3. The summed E-state index contributed by atoms with van der Waals surface area (Å²) in [7, 11) is 0. The van der Waals surface area contributed by atoms with Crippen LogP contribution in [0.3, 0.4) is 0 Å². The van der Waals surface area contributed by atoms with Crippen LogP contribution in [0.15, 0.2) is 65.0 Å². The number of hydrogen-bond acceptors (Lipinski definition) is 6. The van der Waals surface area contributed by atoms with Crippen LogP contribution < -0.4 is 4.74 Å². The number of amides is 1. The SMILES string of the molecule is C=CCN1C(=O)/C(=C/c2ccc(O)c(OCC)c2)SC1=Nc1cccc(O)c1. The Morgan fingerprint density at radius 1 is 1.25 bits per heavy atom. The van der Waals surface area contributed by atoms with Gasteiger partial charge in [-0.25, -0.2) is 4.99 Å². The van der Waals surface area contributed by atoms with Gasteiger partial charge in [-0.15, -0.1) is 6.58 Å². The lowest BCUT2D eigenvalue weighted by Gasteiger charge is -2.12. The standard InChI is InChI=1S/C21H20N2O4S/c1-3-10-23-20(26)19(12-14-8-9-17(25)18(11-14)27-4-2)28-21(23)22-15-6-5-7-16(24)13-15/h3,5-9,11-13,24-25H,1,4,10H2,2H3/b19-12-,22-21?. The number of hydrogen-bond donors (Lipinski definition) is 2. The number of carbonyl (C=O) groups excluding carboxylic acids is 1. The summed E-state index contributed by atoms with van der Waals surface area (Å²) >= 11 is 1.24. The molecule has 0 atom stereocenters. The molecule has 2 N–H and O–H groups in total. The number of carbonyl (C=O) groups is 1. The third kappa shape index (κ3) is 4.37. The van der Waals surface area contributed by atoms with Gasteiger partial charge in [0.1, 0.15) is 5.75 Å². The molecule has 0 bridgehead atoms. The van der Waals surface area contributed by atoms with Crippen LogP contribution >= 0.6 is 11.8 Å². The van der Waals surface area contributed by atoms with Crippen molar-refractivity contribution in [3.05, 3.63) is 65.6 Å². The number of benzene rings is 2. The summed E-state index contributed by atoms with van der Waals surface area (Å²) in [6.07, 6.45) is 3.36. The smallest absolute Gasteiger partial charge is 0.267 e. The molecule has 3 rings (SSSR count). The van der Waals surface area contributed by atoms with E-state index in [9.17, 15) is 15.0 Å². The van der Waals surface area contributed by atoms with Gasteiger partial charge in [-0.1, -0.05) is 18.2 Å². The van der Waals surface area contributed by atoms with Crippen LogP contribution in [0.1, 0.15) is 12.5 Å². The molecule has 1 fully saturated rings. The Kier molecular flexibility index (Phi) is 6.06. The first kappa shape index (κ1) is 19.6. The lowest BCUT2D eigenvalue weighted by atomic mass is 10.2. The molecule has 144 valence electrons. The number of thioether (sulfide) groups is 1. The zero-order chi connectivity index (χ0) is 20.1. The number of aliphatic imine (C=N–C) groups is 1. The molecular formula is C21H20N2O4S. The van der Waals surface area contributed by atoms with Gasteiger partial charge in [-0.05, 0) is 54.6 Å². The molecule has 2 aromatic rings. The first-order valence-corrected chi connectivity index (χ1v) is 9.49. The number of amidine groups is 1. The molecule has 6 nitrogen and oxygen atoms in total. The maximum atomic E-state index is 12.8. The largest absolute Gasteiger partial charge is 0.508 e. The molecule has 0 unspecified atom stereocenters. The third-order valence-electron chi connectivity index (χ3n) is 3.84. The van der Waals surface area contributed by atoms with E-state index in [2.05, 4.69) is 11.6 Å². The van der Waals surface area contributed by atoms with Crippen LogP contribution in [-0.4, -0.2) is 39.3 Å². The summed E-state index contributed by atoms with van der Waals surface area (Å²) in [6.45, 7) is 6.28. The highest BCUT2D eigenvalue weighted by Gasteiger charge is 2.32. The van der Waals surface area contributed by atoms with Gasteiger partial charge < -0.3 is 14.9 Å². The van der Waals surface area contributed by atoms with Crippen molar-refractivity contribution in [1.29, 1.82) is 0 Å². The molecule has 0 saturated carbocycles. The highest BCUT2D eigenvalue weighted by atomic mass is 32.2. The summed E-state index contributed by atoms with van der Waals surface area (Å²) in [5.41, 5.74) is 1.28. The van der Waals surface area contributed by atoms with Gasteiger partial charge in [-0.2, -0.15) is 0 Å². The molecule has 7 heteroatoms. The Morgan fingerprint density at radius 3 is 2.79 bits per heavy atom. The Morgan fingerprint density at radius 2 is 2.07 bits per heavy atom. The van der Waals surface area contributed by atoms with E-state index in [0.29, 0.717) is 34.7 Å². The van der Waals surface area contributed by atoms with Gasteiger partial charge in [-0.3, -0.25) is 9.69 Å². The van der Waals surface area contributed by atoms with Crippen LogP contribution in [0.25, 0.3) is 6.08 Å². The highest BCUT2D eigenvalue weighted by Crippen LogP contribution is 2.36. The highest BCUT2D eigenvalue weighted by molar-refractivity contribution is 8.18. The van der Waals surface area contributed by atoms with Crippen LogP contribution in [0.4, 0.5) is 5.69 Å². The zero-order valence-electron chi connectivity index (χ0n) is 15.3. The van der Waals surface area contributed by atoms with Crippen LogP contribution in [0, 0.1) is 0 Å². The minimum Gasteiger partial charge on any atom is -0.508 e. The maximum Gasteiger partial charge on any atom is 0.267 e. The lowest BCUT2D eigenvalue weighted by Crippen LogP contribution is -2.29. The second-order valence-corrected chi connectivity index (χ2v) is 6.90. The van der Waals surface area contributed by atoms with Crippen LogP contribution in [-0.2, 0) is 4.79 Å². The Bertz CT molecular complexity index is 969. The summed E-state index contributed by atoms with van der Waals surface area (Å²) in [5.74, 6) is 0.335. The second kappa shape index (κ2) is 8.67. The normalized spacial score (nSPS) is 16.8. The van der Waals surface area contributed by atoms with E-state index in [4.69, 9.17) is 4.74 Å². The first-order valence-electron chi connectivity index (χ1n) is 8.67. The predicted molar refractivity (Wildman–Crippen MR) is 112 cm³/mol. The molecule has 0 aliphatic carbocycles. The molecule has 1 saturated heterocycles. The maximum absolute atomic E-state index is 12.8. The average molecular weight is 396 g/mol. The van der Waals surface area contributed by atoms with Crippen molar-refractivity contribution in [3.63, 3.8) is 0 Å². The molecule has 0 aromatic heterocycles. The van der Waals surface area contributed by atoms with Crippen LogP contribution in [0.5, 0.6) is 17.2 Å². The van der Waals surface area contributed by atoms with E-state index < -0.39 is 0 Å². The van der Waals surface area contributed by atoms with Crippen molar-refractivity contribution < 1.29 is 19.7 Å². The van der Waals surface area contributed by atoms with Crippen molar-refractivity contribution in [2.45, 2.75) is 6.92 Å². The van der Waals surface area contributed by atoms with E-state index in [1.165, 1.54) is 28.8 Å². The number of ether oxygens (including phenoxy) is 1. The number of phenols is 2. The Hall–Kier alpha value is -3.19. The zero-order valence-corrected chi connectivity index (χ0v) is 16.1. The fraction of sp³-hybridized carbons (Fsp3) is 0.143. The van der Waals surface area contributed by atoms with Gasteiger partial charge in [0.2, 0.25) is 0 Å². The second-order valence-electron chi connectivity index (χ2n) is 5.89. The van der Waals surface area contributed by atoms with Gasteiger partial charge in [0.25, 0.3) is 5.91 Å². The van der Waals surface area contributed by atoms with Crippen molar-refractivity contribution in [2.75, 3.05) is 13.2 Å². The molecule has 28 heavy (non-hydrogen) atoms. The Labute approximate surface area is 167 Å². The van der Waals surface area contributed by atoms with E-state index in [0.717, 1.165) is 5.56 Å². The molecule has 0 spiro atoms. The van der Waals surface area contributed by atoms with Crippen molar-refractivity contribution in [3.8, 4) is 17.2 Å². The topological polar surface area (TPSA) is 82.4 Å². The molecule has 2 aromatic carbocycles. The fourth-order valence-corrected chi connectivity index (χ4v) is 3.61. The molecule has 0 radical (unpaired) electrons. The molecule has 1 amide bonds. The number of phenolic OH excluding ortho intramolecular Hbond substituents is 2. The quantitative estimate of drug-likeness (QED) is 0.562. The van der Waals surface area contributed by atoms with E-state index >= 15 is 0 Å². The van der Waals surface area contributed by atoms with Crippen molar-refractivity contribution >= 4 is 34.6 Å². The fourth-order valence-electron chi connectivity index (χ4n) is 2.60. The number of rotatable bonds is 6. The third-order valence-corrected chi connectivity index (χ3v) is 4.84. The summed E-state index contributed by atoms with van der Waals surface area (Å²) in [5, 5.41) is 20.0. The van der Waals surface area contributed by atoms with E-state index in [-0.39, 0.29) is 17.4 Å². The minimum absolute atomic E-state index is 0.0498. The summed E-state index contributed by atoms with van der Waals surface area (Å²) in [6, 6.07) is 11.5. The lowest BCUT2D eigenvalue weighted by molar-refractivity contribution is -0.121. The summed E-state index contributed by atoms with van der Waals surface area (Å²) < 4.78 is 5.40. The van der Waals surface area contributed by atoms with Gasteiger partial charge in [0.05, 0.1) is 17.2 Å². The average Bonchev–Trinajstić information content (AvgIpc) is 2.94. The number of nitrogens with zero attached hydrogens (tertiary/aromatic N) is 2. The number of aromatic hydroxyl groups is 2. The van der Waals surface area contributed by atoms with Gasteiger partial charge >= 0.3 is 0 Å². The van der Waals surface area contributed by atoms with Gasteiger partial charge in [0.15, 0.2) is 16.7 Å².